The summed E-state index contributed by atoms with van der Waals surface area (Å²) >= 11 is 0. The van der Waals surface area contributed by atoms with Crippen LogP contribution in [0.1, 0.15) is 42.8 Å². The molecule has 0 atom stereocenters. The fourth-order valence-electron chi connectivity index (χ4n) is 3.87. The summed E-state index contributed by atoms with van der Waals surface area (Å²) in [7, 11) is 0. The monoisotopic (exact) mass is 381 g/mol. The first-order valence-corrected chi connectivity index (χ1v) is 9.74. The first-order valence-electron chi connectivity index (χ1n) is 9.74. The van der Waals surface area contributed by atoms with E-state index in [9.17, 15) is 9.18 Å². The molecule has 28 heavy (non-hydrogen) atoms. The average molecular weight is 381 g/mol. The molecule has 0 spiro atoms. The first-order chi connectivity index (χ1) is 13.7. The number of halogens is 1. The summed E-state index contributed by atoms with van der Waals surface area (Å²) in [5.74, 6) is 1.53. The number of hydrogen-bond acceptors (Lipinski definition) is 3. The van der Waals surface area contributed by atoms with Crippen LogP contribution in [0.2, 0.25) is 0 Å². The zero-order chi connectivity index (χ0) is 19.3. The Morgan fingerprint density at radius 1 is 1.21 bits per heavy atom. The van der Waals surface area contributed by atoms with E-state index in [4.69, 9.17) is 4.42 Å². The van der Waals surface area contributed by atoms with E-state index in [1.54, 1.807) is 18.5 Å². The van der Waals surface area contributed by atoms with Gasteiger partial charge in [0.1, 0.15) is 17.4 Å². The maximum atomic E-state index is 13.5. The molecule has 0 bridgehead atoms. The highest BCUT2D eigenvalue weighted by atomic mass is 19.1. The lowest BCUT2D eigenvalue weighted by Crippen LogP contribution is -2.35. The fourth-order valence-corrected chi connectivity index (χ4v) is 3.87. The molecule has 1 aliphatic rings. The van der Waals surface area contributed by atoms with E-state index < -0.39 is 0 Å². The Morgan fingerprint density at radius 2 is 2.07 bits per heavy atom. The Kier molecular flexibility index (Phi) is 5.55. The summed E-state index contributed by atoms with van der Waals surface area (Å²) in [6.07, 6.45) is 9.33. The van der Waals surface area contributed by atoms with Gasteiger partial charge < -0.3 is 13.9 Å². The van der Waals surface area contributed by atoms with Crippen molar-refractivity contribution < 1.29 is 13.6 Å². The summed E-state index contributed by atoms with van der Waals surface area (Å²) in [5.41, 5.74) is 0.860. The summed E-state index contributed by atoms with van der Waals surface area (Å²) in [6, 6.07) is 10.3. The molecule has 0 N–H and O–H groups in total. The van der Waals surface area contributed by atoms with Crippen LogP contribution in [0.3, 0.4) is 0 Å². The molecule has 3 aromatic rings. The highest BCUT2D eigenvalue weighted by Gasteiger charge is 2.28. The molecule has 1 aliphatic carbocycles. The second-order valence-corrected chi connectivity index (χ2v) is 7.36. The third-order valence-corrected chi connectivity index (χ3v) is 5.32. The zero-order valence-electron chi connectivity index (χ0n) is 15.8. The molecule has 5 nitrogen and oxygen atoms in total. The van der Waals surface area contributed by atoms with Gasteiger partial charge in [-0.1, -0.05) is 25.0 Å². The third-order valence-electron chi connectivity index (χ3n) is 5.32. The van der Waals surface area contributed by atoms with Gasteiger partial charge in [-0.05, 0) is 42.7 Å². The number of aromatic nitrogens is 2. The van der Waals surface area contributed by atoms with Gasteiger partial charge in [0.2, 0.25) is 5.91 Å². The number of carbonyl (C=O) groups excluding carboxylic acids is 1. The van der Waals surface area contributed by atoms with Gasteiger partial charge in [0.25, 0.3) is 0 Å². The first kappa shape index (κ1) is 18.5. The Bertz CT molecular complexity index is 914. The molecule has 2 aromatic heterocycles. The molecule has 1 amide bonds. The summed E-state index contributed by atoms with van der Waals surface area (Å²) in [6.45, 7) is 1.34. The Hall–Kier alpha value is -2.89. The van der Waals surface area contributed by atoms with E-state index in [1.165, 1.54) is 12.1 Å². The van der Waals surface area contributed by atoms with Crippen molar-refractivity contribution in [2.45, 2.75) is 45.3 Å². The van der Waals surface area contributed by atoms with E-state index in [-0.39, 0.29) is 17.6 Å². The highest BCUT2D eigenvalue weighted by molar-refractivity contribution is 5.79. The van der Waals surface area contributed by atoms with Gasteiger partial charge in [-0.3, -0.25) is 4.79 Å². The third kappa shape index (κ3) is 4.32. The van der Waals surface area contributed by atoms with E-state index in [1.807, 2.05) is 33.9 Å². The van der Waals surface area contributed by atoms with Crippen LogP contribution in [-0.4, -0.2) is 20.4 Å². The SMILES string of the molecule is O=C(C1CCCC1)N(Cc1ccco1)Cc1nccn1Cc1cccc(F)c1. The minimum Gasteiger partial charge on any atom is -0.467 e. The summed E-state index contributed by atoms with van der Waals surface area (Å²) in [5, 5.41) is 0. The topological polar surface area (TPSA) is 51.3 Å². The van der Waals surface area contributed by atoms with E-state index in [0.717, 1.165) is 42.8 Å². The summed E-state index contributed by atoms with van der Waals surface area (Å²) in [4.78, 5) is 19.4. The zero-order valence-corrected chi connectivity index (χ0v) is 15.8. The number of amides is 1. The van der Waals surface area contributed by atoms with Crippen molar-refractivity contribution in [2.75, 3.05) is 0 Å². The van der Waals surface area contributed by atoms with E-state index >= 15 is 0 Å². The van der Waals surface area contributed by atoms with Gasteiger partial charge in [-0.2, -0.15) is 0 Å². The minimum absolute atomic E-state index is 0.0848. The molecule has 6 heteroatoms. The lowest BCUT2D eigenvalue weighted by atomic mass is 10.1. The van der Waals surface area contributed by atoms with Crippen LogP contribution in [0.15, 0.2) is 59.5 Å². The van der Waals surface area contributed by atoms with Gasteiger partial charge >= 0.3 is 0 Å². The predicted octanol–water partition coefficient (Wildman–Crippen LogP) is 4.38. The second-order valence-electron chi connectivity index (χ2n) is 7.36. The minimum atomic E-state index is -0.255. The molecule has 2 heterocycles. The van der Waals surface area contributed by atoms with Crippen LogP contribution in [0.25, 0.3) is 0 Å². The summed E-state index contributed by atoms with van der Waals surface area (Å²) < 4.78 is 20.9. The lowest BCUT2D eigenvalue weighted by Gasteiger charge is -2.25. The largest absolute Gasteiger partial charge is 0.467 e. The van der Waals surface area contributed by atoms with Crippen molar-refractivity contribution in [3.8, 4) is 0 Å². The number of benzene rings is 1. The average Bonchev–Trinajstić information content (AvgIpc) is 3.45. The van der Waals surface area contributed by atoms with E-state index in [0.29, 0.717) is 19.6 Å². The molecule has 1 fully saturated rings. The van der Waals surface area contributed by atoms with Crippen LogP contribution in [0.4, 0.5) is 4.39 Å². The molecular formula is C22H24FN3O2. The van der Waals surface area contributed by atoms with Crippen molar-refractivity contribution >= 4 is 5.91 Å². The normalized spacial score (nSPS) is 14.5. The van der Waals surface area contributed by atoms with Gasteiger partial charge in [0.15, 0.2) is 0 Å². The molecular weight excluding hydrogens is 357 g/mol. The fraction of sp³-hybridized carbons (Fsp3) is 0.364. The maximum absolute atomic E-state index is 13.5. The number of carbonyl (C=O) groups is 1. The van der Waals surface area contributed by atoms with Gasteiger partial charge in [-0.25, -0.2) is 9.37 Å². The second kappa shape index (κ2) is 8.42. The molecule has 0 saturated heterocycles. The number of rotatable bonds is 7. The number of furan rings is 1. The van der Waals surface area contributed by atoms with Crippen molar-refractivity contribution in [2.24, 2.45) is 5.92 Å². The van der Waals surface area contributed by atoms with Crippen LogP contribution in [-0.2, 0) is 24.4 Å². The van der Waals surface area contributed by atoms with Crippen molar-refractivity contribution in [3.63, 3.8) is 0 Å². The smallest absolute Gasteiger partial charge is 0.226 e. The van der Waals surface area contributed by atoms with Crippen LogP contribution in [0, 0.1) is 11.7 Å². The van der Waals surface area contributed by atoms with Crippen molar-refractivity contribution in [3.05, 3.63) is 78.0 Å². The number of nitrogens with zero attached hydrogens (tertiary/aromatic N) is 3. The van der Waals surface area contributed by atoms with Gasteiger partial charge in [-0.15, -0.1) is 0 Å². The van der Waals surface area contributed by atoms with Crippen molar-refractivity contribution in [1.29, 1.82) is 0 Å². The van der Waals surface area contributed by atoms with Crippen LogP contribution in [0.5, 0.6) is 0 Å². The molecule has 0 unspecified atom stereocenters. The Morgan fingerprint density at radius 3 is 2.82 bits per heavy atom. The molecule has 0 radical (unpaired) electrons. The highest BCUT2D eigenvalue weighted by Crippen LogP contribution is 2.28. The number of imidazole rings is 1. The maximum Gasteiger partial charge on any atom is 0.226 e. The molecule has 4 rings (SSSR count). The molecule has 0 aliphatic heterocycles. The quantitative estimate of drug-likeness (QED) is 0.610. The van der Waals surface area contributed by atoms with Crippen molar-refractivity contribution in [1.82, 2.24) is 14.5 Å². The Labute approximate surface area is 163 Å². The van der Waals surface area contributed by atoms with Gasteiger partial charge in [0, 0.05) is 24.9 Å². The van der Waals surface area contributed by atoms with Gasteiger partial charge in [0.05, 0.1) is 19.4 Å². The molecule has 146 valence electrons. The van der Waals surface area contributed by atoms with E-state index in [2.05, 4.69) is 4.98 Å². The van der Waals surface area contributed by atoms with Crippen LogP contribution >= 0.6 is 0 Å². The predicted molar refractivity (Wildman–Crippen MR) is 103 cm³/mol. The Balaban J connectivity index is 1.53. The standard InChI is InChI=1S/C22H24FN3O2/c23-19-8-3-5-17(13-19)14-25-11-10-24-21(25)16-26(15-20-9-4-12-28-20)22(27)18-6-1-2-7-18/h3-5,8-13,18H,1-2,6-7,14-16H2. The molecule has 1 aromatic carbocycles. The number of hydrogen-bond donors (Lipinski definition) is 0. The lowest BCUT2D eigenvalue weighted by molar-refractivity contribution is -0.137. The van der Waals surface area contributed by atoms with Crippen LogP contribution < -0.4 is 0 Å². The molecule has 1 saturated carbocycles.